The van der Waals surface area contributed by atoms with Crippen LogP contribution in [0.4, 0.5) is 5.69 Å². The van der Waals surface area contributed by atoms with Crippen molar-refractivity contribution in [2.75, 3.05) is 5.32 Å². The highest BCUT2D eigenvalue weighted by Crippen LogP contribution is 2.27. The van der Waals surface area contributed by atoms with Crippen LogP contribution in [0.25, 0.3) is 10.9 Å². The number of nitrogens with zero attached hydrogens (tertiary/aromatic N) is 2. The van der Waals surface area contributed by atoms with Crippen molar-refractivity contribution < 1.29 is 0 Å². The minimum atomic E-state index is 0.404. The number of nitrogens with one attached hydrogen (secondary N) is 1. The van der Waals surface area contributed by atoms with Gasteiger partial charge in [0.1, 0.15) is 6.33 Å². The van der Waals surface area contributed by atoms with Crippen molar-refractivity contribution in [2.45, 2.75) is 39.7 Å². The average molecular weight is 229 g/mol. The van der Waals surface area contributed by atoms with Crippen LogP contribution < -0.4 is 5.32 Å². The minimum absolute atomic E-state index is 0.404. The first-order valence-electron chi connectivity index (χ1n) is 6.08. The molecule has 0 spiro atoms. The first-order valence-corrected chi connectivity index (χ1v) is 6.08. The van der Waals surface area contributed by atoms with E-state index in [0.29, 0.717) is 12.0 Å². The molecule has 3 nitrogen and oxygen atoms in total. The Balaban J connectivity index is 2.60. The molecule has 0 radical (unpaired) electrons. The van der Waals surface area contributed by atoms with Crippen molar-refractivity contribution in [1.29, 1.82) is 0 Å². The molecule has 1 aromatic carbocycles. The van der Waals surface area contributed by atoms with E-state index >= 15 is 0 Å². The lowest BCUT2D eigenvalue weighted by molar-refractivity contribution is 0.863. The maximum Gasteiger partial charge on any atom is 0.116 e. The second-order valence-corrected chi connectivity index (χ2v) is 4.98. The van der Waals surface area contributed by atoms with E-state index in [0.717, 1.165) is 16.6 Å². The van der Waals surface area contributed by atoms with Gasteiger partial charge >= 0.3 is 0 Å². The Hall–Kier alpha value is -1.64. The first kappa shape index (κ1) is 11.8. The standard InChI is InChI=1S/C14H19N3/c1-9(2)11-5-13-12(7-15-8-16-13)14(6-11)17-10(3)4/h5-10,17H,1-4H3. The molecular formula is C14H19N3. The van der Waals surface area contributed by atoms with Crippen LogP contribution in [0.3, 0.4) is 0 Å². The Labute approximate surface area is 102 Å². The highest BCUT2D eigenvalue weighted by Gasteiger charge is 2.08. The third-order valence-electron chi connectivity index (χ3n) is 2.76. The third kappa shape index (κ3) is 2.54. The molecule has 1 N–H and O–H groups in total. The summed E-state index contributed by atoms with van der Waals surface area (Å²) in [6, 6.07) is 4.75. The molecule has 0 bridgehead atoms. The van der Waals surface area contributed by atoms with Gasteiger partial charge in [-0.1, -0.05) is 13.8 Å². The zero-order valence-corrected chi connectivity index (χ0v) is 10.9. The Morgan fingerprint density at radius 2 is 1.88 bits per heavy atom. The third-order valence-corrected chi connectivity index (χ3v) is 2.76. The molecule has 17 heavy (non-hydrogen) atoms. The SMILES string of the molecule is CC(C)Nc1cc(C(C)C)cc2ncncc12. The Morgan fingerprint density at radius 3 is 2.53 bits per heavy atom. The number of aromatic nitrogens is 2. The van der Waals surface area contributed by atoms with Gasteiger partial charge in [0.2, 0.25) is 0 Å². The number of anilines is 1. The Bertz CT molecular complexity index is 518. The fraction of sp³-hybridized carbons (Fsp3) is 0.429. The summed E-state index contributed by atoms with van der Waals surface area (Å²) in [5, 5.41) is 4.55. The topological polar surface area (TPSA) is 37.8 Å². The molecule has 0 aliphatic heterocycles. The number of rotatable bonds is 3. The number of fused-ring (bicyclic) bond motifs is 1. The van der Waals surface area contributed by atoms with Gasteiger partial charge in [0.15, 0.2) is 0 Å². The van der Waals surface area contributed by atoms with Crippen LogP contribution in [-0.2, 0) is 0 Å². The van der Waals surface area contributed by atoms with Crippen molar-refractivity contribution in [2.24, 2.45) is 0 Å². The molecule has 1 heterocycles. The van der Waals surface area contributed by atoms with Gasteiger partial charge in [-0.2, -0.15) is 0 Å². The summed E-state index contributed by atoms with van der Waals surface area (Å²) in [5.74, 6) is 0.502. The van der Waals surface area contributed by atoms with Gasteiger partial charge in [0.05, 0.1) is 5.52 Å². The lowest BCUT2D eigenvalue weighted by Crippen LogP contribution is -2.10. The summed E-state index contributed by atoms with van der Waals surface area (Å²) in [4.78, 5) is 8.45. The molecule has 0 unspecified atom stereocenters. The van der Waals surface area contributed by atoms with E-state index in [1.165, 1.54) is 5.56 Å². The lowest BCUT2D eigenvalue weighted by Gasteiger charge is -2.15. The van der Waals surface area contributed by atoms with Gasteiger partial charge in [-0.05, 0) is 37.5 Å². The Morgan fingerprint density at radius 1 is 1.12 bits per heavy atom. The second kappa shape index (κ2) is 4.70. The molecule has 2 aromatic rings. The normalized spacial score (nSPS) is 11.4. The maximum atomic E-state index is 4.34. The smallest absolute Gasteiger partial charge is 0.116 e. The van der Waals surface area contributed by atoms with E-state index < -0.39 is 0 Å². The number of benzene rings is 1. The van der Waals surface area contributed by atoms with Crippen LogP contribution in [0.1, 0.15) is 39.2 Å². The molecule has 0 fully saturated rings. The van der Waals surface area contributed by atoms with E-state index in [1.54, 1.807) is 6.33 Å². The molecule has 0 amide bonds. The monoisotopic (exact) mass is 229 g/mol. The van der Waals surface area contributed by atoms with Crippen molar-refractivity contribution in [3.8, 4) is 0 Å². The van der Waals surface area contributed by atoms with Gasteiger partial charge in [-0.3, -0.25) is 0 Å². The summed E-state index contributed by atoms with van der Waals surface area (Å²) in [7, 11) is 0. The van der Waals surface area contributed by atoms with Crippen molar-refractivity contribution in [1.82, 2.24) is 9.97 Å². The van der Waals surface area contributed by atoms with Crippen LogP contribution in [0.5, 0.6) is 0 Å². The highest BCUT2D eigenvalue weighted by atomic mass is 14.9. The molecule has 90 valence electrons. The van der Waals surface area contributed by atoms with E-state index in [4.69, 9.17) is 0 Å². The van der Waals surface area contributed by atoms with Gasteiger partial charge in [-0.15, -0.1) is 0 Å². The lowest BCUT2D eigenvalue weighted by atomic mass is 10.0. The predicted octanol–water partition coefficient (Wildman–Crippen LogP) is 3.57. The highest BCUT2D eigenvalue weighted by molar-refractivity contribution is 5.91. The molecule has 1 aromatic heterocycles. The van der Waals surface area contributed by atoms with E-state index in [9.17, 15) is 0 Å². The summed E-state index contributed by atoms with van der Waals surface area (Å²) in [5.41, 5.74) is 3.44. The minimum Gasteiger partial charge on any atom is -0.382 e. The zero-order valence-electron chi connectivity index (χ0n) is 10.9. The van der Waals surface area contributed by atoms with E-state index in [-0.39, 0.29) is 0 Å². The Kier molecular flexibility index (Phi) is 3.27. The summed E-state index contributed by atoms with van der Waals surface area (Å²) in [6.07, 6.45) is 3.47. The van der Waals surface area contributed by atoms with Gasteiger partial charge in [0.25, 0.3) is 0 Å². The molecule has 2 rings (SSSR count). The summed E-state index contributed by atoms with van der Waals surface area (Å²) >= 11 is 0. The molecule has 3 heteroatoms. The second-order valence-electron chi connectivity index (χ2n) is 4.98. The predicted molar refractivity (Wildman–Crippen MR) is 72.4 cm³/mol. The van der Waals surface area contributed by atoms with E-state index in [1.807, 2.05) is 6.20 Å². The molecule has 0 saturated heterocycles. The van der Waals surface area contributed by atoms with Crippen LogP contribution >= 0.6 is 0 Å². The van der Waals surface area contributed by atoms with Gasteiger partial charge in [-0.25, -0.2) is 9.97 Å². The van der Waals surface area contributed by atoms with Crippen LogP contribution in [0.15, 0.2) is 24.7 Å². The number of hydrogen-bond donors (Lipinski definition) is 1. The van der Waals surface area contributed by atoms with E-state index in [2.05, 4.69) is 55.1 Å². The maximum absolute atomic E-state index is 4.34. The molecule has 0 aliphatic carbocycles. The average Bonchev–Trinajstić information content (AvgIpc) is 2.28. The van der Waals surface area contributed by atoms with Crippen LogP contribution in [-0.4, -0.2) is 16.0 Å². The fourth-order valence-electron chi connectivity index (χ4n) is 1.87. The fourth-order valence-corrected chi connectivity index (χ4v) is 1.87. The molecule has 0 atom stereocenters. The van der Waals surface area contributed by atoms with Crippen LogP contribution in [0, 0.1) is 0 Å². The van der Waals surface area contributed by atoms with Crippen molar-refractivity contribution in [3.05, 3.63) is 30.2 Å². The number of hydrogen-bond acceptors (Lipinski definition) is 3. The quantitative estimate of drug-likeness (QED) is 0.874. The molecule has 0 saturated carbocycles. The van der Waals surface area contributed by atoms with Crippen molar-refractivity contribution >= 4 is 16.6 Å². The molecule has 0 aliphatic rings. The summed E-state index contributed by atoms with van der Waals surface area (Å²) < 4.78 is 0. The van der Waals surface area contributed by atoms with Crippen LogP contribution in [0.2, 0.25) is 0 Å². The first-order chi connectivity index (χ1) is 8.08. The zero-order chi connectivity index (χ0) is 12.4. The van der Waals surface area contributed by atoms with Gasteiger partial charge in [0, 0.05) is 23.3 Å². The largest absolute Gasteiger partial charge is 0.382 e. The van der Waals surface area contributed by atoms with Gasteiger partial charge < -0.3 is 5.32 Å². The molecular weight excluding hydrogens is 210 g/mol. The summed E-state index contributed by atoms with van der Waals surface area (Å²) in [6.45, 7) is 8.67. The van der Waals surface area contributed by atoms with Crippen molar-refractivity contribution in [3.63, 3.8) is 0 Å².